The van der Waals surface area contributed by atoms with Crippen molar-refractivity contribution in [1.82, 2.24) is 35.1 Å². The van der Waals surface area contributed by atoms with Gasteiger partial charge < -0.3 is 21.1 Å². The summed E-state index contributed by atoms with van der Waals surface area (Å²) < 4.78 is 3.99. The van der Waals surface area contributed by atoms with Crippen molar-refractivity contribution in [3.8, 4) is 0 Å². The number of nitrogens with two attached hydrogens (primary N) is 1. The first-order valence-electron chi connectivity index (χ1n) is 12.7. The summed E-state index contributed by atoms with van der Waals surface area (Å²) in [7, 11) is 0. The van der Waals surface area contributed by atoms with E-state index in [1.165, 1.54) is 6.92 Å². The van der Waals surface area contributed by atoms with Crippen molar-refractivity contribution in [3.63, 3.8) is 0 Å². The summed E-state index contributed by atoms with van der Waals surface area (Å²) in [4.78, 5) is 166. The minimum absolute atomic E-state index is 0.295. The molecule has 0 aromatic carbocycles. The van der Waals surface area contributed by atoms with Crippen LogP contribution in [0.15, 0.2) is 0 Å². The molecule has 0 saturated carbocycles. The molecule has 3 spiro atoms. The molecule has 0 atom stereocenters. The summed E-state index contributed by atoms with van der Waals surface area (Å²) in [6.45, 7) is 0.142. The van der Waals surface area contributed by atoms with Gasteiger partial charge in [0.1, 0.15) is 20.0 Å². The molecule has 23 nitrogen and oxygen atoms in total. The van der Waals surface area contributed by atoms with Crippen molar-refractivity contribution in [2.45, 2.75) is 13.8 Å². The lowest BCUT2D eigenvalue weighted by molar-refractivity contribution is -0.216. The number of ether oxygens (including phenoxy) is 1. The van der Waals surface area contributed by atoms with Crippen LogP contribution in [0.1, 0.15) is 13.8 Å². The Balaban J connectivity index is 0.000000200. The van der Waals surface area contributed by atoms with E-state index in [0.29, 0.717) is 24.5 Å². The van der Waals surface area contributed by atoms with Crippen LogP contribution in [0.4, 0.5) is 0 Å². The van der Waals surface area contributed by atoms with Gasteiger partial charge in [-0.1, -0.05) is 0 Å². The van der Waals surface area contributed by atoms with Crippen LogP contribution in [-0.2, 0) is 71.9 Å². The van der Waals surface area contributed by atoms with Crippen molar-refractivity contribution in [2.75, 3.05) is 26.7 Å². The number of β-lactam (4-membered cyclic amide) rings is 10. The lowest BCUT2D eigenvalue weighted by Crippen LogP contribution is -2.87. The Hall–Kier alpha value is -6.26. The molecule has 0 unspecified atom stereocenters. The molecule has 0 radical (unpaired) electrons. The highest BCUT2D eigenvalue weighted by Gasteiger charge is 2.84. The molecule has 0 aliphatic carbocycles. The third-order valence-electron chi connectivity index (χ3n) is 7.89. The Bertz CT molecular complexity index is 1630. The zero-order chi connectivity index (χ0) is 34.4. The minimum atomic E-state index is -2.58. The van der Waals surface area contributed by atoms with Gasteiger partial charge in [0.05, 0.1) is 6.67 Å². The standard InChI is InChI=1S/C14H8N4O10.C9H10N4O5/c1-4(19)15-2-16-5(20)13(6(16)21)7(22)17(8(13)23)3-18-9(24)14(10(18)25)11(26)28-12(14)27;1-4(14)11-3-13-7(17)9(8(13)18)5(15)12(2-10)6(9)16/h2-3H2,1H3,(H,15,19);2-3,10H2,1H3,(H,11,14). The molecule has 6 saturated heterocycles. The maximum absolute atomic E-state index is 12.3. The van der Waals surface area contributed by atoms with Gasteiger partial charge >= 0.3 is 17.4 Å². The molecule has 240 valence electrons. The first kappa shape index (κ1) is 31.2. The molecule has 6 fully saturated rings. The van der Waals surface area contributed by atoms with Crippen molar-refractivity contribution in [1.29, 1.82) is 0 Å². The zero-order valence-corrected chi connectivity index (χ0v) is 23.3. The van der Waals surface area contributed by atoms with Crippen LogP contribution >= 0.6 is 0 Å². The van der Waals surface area contributed by atoms with Gasteiger partial charge in [0, 0.05) is 13.8 Å². The van der Waals surface area contributed by atoms with Crippen LogP contribution < -0.4 is 16.4 Å². The fraction of sp³-hybridized carbons (Fsp3) is 0.391. The number of nitrogens with zero attached hydrogens (tertiary/aromatic N) is 5. The molecule has 6 rings (SSSR count). The van der Waals surface area contributed by atoms with E-state index >= 15 is 0 Å². The summed E-state index contributed by atoms with van der Waals surface area (Å²) in [5, 5.41) is 4.40. The van der Waals surface area contributed by atoms with Gasteiger partial charge in [-0.05, 0) is 0 Å². The van der Waals surface area contributed by atoms with E-state index in [-0.39, 0.29) is 13.3 Å². The molecule has 4 N–H and O–H groups in total. The maximum Gasteiger partial charge on any atom is 0.351 e. The van der Waals surface area contributed by atoms with Crippen LogP contribution in [0.3, 0.4) is 0 Å². The predicted octanol–water partition coefficient (Wildman–Crippen LogP) is -8.08. The second kappa shape index (κ2) is 9.62. The Morgan fingerprint density at radius 1 is 0.522 bits per heavy atom. The number of imide groups is 5. The fourth-order valence-corrected chi connectivity index (χ4v) is 5.27. The number of cyclic esters (lactones) is 2. The topological polar surface area (TPSA) is 314 Å². The second-order valence-corrected chi connectivity index (χ2v) is 10.2. The van der Waals surface area contributed by atoms with Gasteiger partial charge in [0.2, 0.25) is 11.8 Å². The summed E-state index contributed by atoms with van der Waals surface area (Å²) in [5.74, 6) is -14.6. The molecule has 0 bridgehead atoms. The smallest absolute Gasteiger partial charge is 0.351 e. The summed E-state index contributed by atoms with van der Waals surface area (Å²) in [6, 6.07) is 0. The average molecular weight is 646 g/mol. The van der Waals surface area contributed by atoms with Crippen molar-refractivity contribution >= 4 is 82.8 Å². The van der Waals surface area contributed by atoms with Gasteiger partial charge in [-0.3, -0.25) is 82.0 Å². The second-order valence-electron chi connectivity index (χ2n) is 10.2. The number of amides is 12. The van der Waals surface area contributed by atoms with E-state index in [4.69, 9.17) is 5.73 Å². The number of rotatable bonds is 7. The van der Waals surface area contributed by atoms with Gasteiger partial charge in [-0.2, -0.15) is 0 Å². The van der Waals surface area contributed by atoms with E-state index in [2.05, 4.69) is 15.4 Å². The third-order valence-corrected chi connectivity index (χ3v) is 7.89. The van der Waals surface area contributed by atoms with Crippen LogP contribution in [0, 0.1) is 16.2 Å². The number of carbonyl (C=O) groups is 14. The van der Waals surface area contributed by atoms with Gasteiger partial charge in [0.25, 0.3) is 69.9 Å². The number of hydrogen-bond donors (Lipinski definition) is 3. The molecule has 0 aromatic rings. The number of carbonyl (C=O) groups excluding carboxylic acids is 14. The maximum atomic E-state index is 12.3. The lowest BCUT2D eigenvalue weighted by atomic mass is 9.69. The number of likely N-dealkylation sites (tertiary alicyclic amines) is 5. The molecule has 6 heterocycles. The Morgan fingerprint density at radius 2 is 0.804 bits per heavy atom. The highest BCUT2D eigenvalue weighted by atomic mass is 16.6. The van der Waals surface area contributed by atoms with E-state index in [1.807, 2.05) is 0 Å². The van der Waals surface area contributed by atoms with Crippen LogP contribution in [0.2, 0.25) is 0 Å². The zero-order valence-electron chi connectivity index (χ0n) is 23.3. The molecule has 0 aromatic heterocycles. The highest BCUT2D eigenvalue weighted by Crippen LogP contribution is 2.48. The quantitative estimate of drug-likeness (QED) is 0.131. The average Bonchev–Trinajstić information content (AvgIpc) is 2.98. The Morgan fingerprint density at radius 3 is 1.09 bits per heavy atom. The van der Waals surface area contributed by atoms with E-state index < -0.39 is 112 Å². The summed E-state index contributed by atoms with van der Waals surface area (Å²) >= 11 is 0. The van der Waals surface area contributed by atoms with Gasteiger partial charge in [-0.25, -0.2) is 9.59 Å². The predicted molar refractivity (Wildman–Crippen MR) is 129 cm³/mol. The van der Waals surface area contributed by atoms with Crippen molar-refractivity contribution < 1.29 is 71.9 Å². The highest BCUT2D eigenvalue weighted by molar-refractivity contribution is 6.54. The van der Waals surface area contributed by atoms with Crippen molar-refractivity contribution in [2.24, 2.45) is 22.0 Å². The molecule has 46 heavy (non-hydrogen) atoms. The molecule has 23 heteroatoms. The molecule has 6 aliphatic rings. The van der Waals surface area contributed by atoms with Gasteiger partial charge in [-0.15, -0.1) is 0 Å². The summed E-state index contributed by atoms with van der Waals surface area (Å²) in [5.41, 5.74) is -2.26. The summed E-state index contributed by atoms with van der Waals surface area (Å²) in [6.07, 6.45) is 0. The Labute approximate surface area is 252 Å². The third kappa shape index (κ3) is 3.22. The SMILES string of the molecule is CC(=O)NCN1C(=O)C2(C(=O)N(CN)C2=O)C1=O.CC(=O)NCN1C(=O)C2(C1=O)C(=O)N(CN1C(=O)C3(C(=O)OC3=O)C1=O)C2=O. The van der Waals surface area contributed by atoms with E-state index in [0.717, 1.165) is 6.92 Å². The lowest BCUT2D eigenvalue weighted by Gasteiger charge is -2.54. The normalized spacial score (nSPS) is 22.9. The molecular weight excluding hydrogens is 628 g/mol. The number of esters is 2. The van der Waals surface area contributed by atoms with Crippen LogP contribution in [-0.4, -0.2) is 134 Å². The fourth-order valence-electron chi connectivity index (χ4n) is 5.27. The number of hydrogen-bond acceptors (Lipinski definition) is 16. The monoisotopic (exact) mass is 646 g/mol. The minimum Gasteiger partial charge on any atom is -0.390 e. The first-order valence-corrected chi connectivity index (χ1v) is 12.7. The van der Waals surface area contributed by atoms with E-state index in [1.54, 1.807) is 0 Å². The Kier molecular flexibility index (Phi) is 6.52. The van der Waals surface area contributed by atoms with Crippen molar-refractivity contribution in [3.05, 3.63) is 0 Å². The van der Waals surface area contributed by atoms with Crippen LogP contribution in [0.25, 0.3) is 0 Å². The van der Waals surface area contributed by atoms with E-state index in [9.17, 15) is 67.1 Å². The largest absolute Gasteiger partial charge is 0.390 e. The molecular formula is C23H18N8O15. The molecule has 12 amide bonds. The van der Waals surface area contributed by atoms with Crippen LogP contribution in [0.5, 0.6) is 0 Å². The first-order chi connectivity index (χ1) is 21.4. The molecule has 6 aliphatic heterocycles. The van der Waals surface area contributed by atoms with Gasteiger partial charge in [0.15, 0.2) is 0 Å². The number of nitrogens with one attached hydrogen (secondary N) is 2.